The zero-order chi connectivity index (χ0) is 13.7. The molecule has 1 saturated heterocycles. The third-order valence-electron chi connectivity index (χ3n) is 3.05. The quantitative estimate of drug-likeness (QED) is 0.793. The average molecular weight is 266 g/mol. The van der Waals surface area contributed by atoms with Gasteiger partial charge in [-0.2, -0.15) is 0 Å². The van der Waals surface area contributed by atoms with Gasteiger partial charge in [-0.1, -0.05) is 0 Å². The van der Waals surface area contributed by atoms with Crippen LogP contribution in [0.5, 0.6) is 0 Å². The maximum absolute atomic E-state index is 10.0. The Labute approximate surface area is 113 Å². The minimum Gasteiger partial charge on any atom is -0.390 e. The lowest BCUT2D eigenvalue weighted by atomic mass is 10.3. The van der Waals surface area contributed by atoms with Gasteiger partial charge in [0.25, 0.3) is 0 Å². The van der Waals surface area contributed by atoms with Crippen LogP contribution in [0.4, 0.5) is 5.95 Å². The van der Waals surface area contributed by atoms with Crippen LogP contribution in [0.15, 0.2) is 6.07 Å². The maximum atomic E-state index is 10.0. The third kappa shape index (κ3) is 4.74. The molecular weight excluding hydrogens is 244 g/mol. The molecule has 2 rings (SSSR count). The number of hydrogen-bond acceptors (Lipinski definition) is 6. The van der Waals surface area contributed by atoms with Gasteiger partial charge in [0.15, 0.2) is 0 Å². The van der Waals surface area contributed by atoms with Gasteiger partial charge in [-0.3, -0.25) is 4.90 Å². The Morgan fingerprint density at radius 2 is 1.95 bits per heavy atom. The molecule has 2 N–H and O–H groups in total. The number of morpholine rings is 1. The summed E-state index contributed by atoms with van der Waals surface area (Å²) in [6.07, 6.45) is -0.428. The van der Waals surface area contributed by atoms with Gasteiger partial charge in [0.2, 0.25) is 5.95 Å². The smallest absolute Gasteiger partial charge is 0.223 e. The molecule has 0 spiro atoms. The highest BCUT2D eigenvalue weighted by atomic mass is 16.5. The average Bonchev–Trinajstić information content (AvgIpc) is 2.36. The maximum Gasteiger partial charge on any atom is 0.223 e. The molecule has 106 valence electrons. The van der Waals surface area contributed by atoms with Crippen LogP contribution >= 0.6 is 0 Å². The van der Waals surface area contributed by atoms with E-state index in [2.05, 4.69) is 20.2 Å². The molecule has 6 nitrogen and oxygen atoms in total. The Morgan fingerprint density at radius 3 is 2.58 bits per heavy atom. The van der Waals surface area contributed by atoms with E-state index in [9.17, 15) is 5.11 Å². The highest BCUT2D eigenvalue weighted by molar-refractivity contribution is 5.27. The second kappa shape index (κ2) is 6.79. The zero-order valence-electron chi connectivity index (χ0n) is 11.6. The number of aliphatic hydroxyl groups is 1. The van der Waals surface area contributed by atoms with E-state index in [1.54, 1.807) is 0 Å². The molecule has 0 amide bonds. The van der Waals surface area contributed by atoms with E-state index in [1.165, 1.54) is 0 Å². The standard InChI is InChI=1S/C13H22N4O2/c1-10-7-11(2)16-13(15-10)14-8-12(18)9-17-3-5-19-6-4-17/h7,12,18H,3-6,8-9H2,1-2H3,(H,14,15,16). The first-order valence-electron chi connectivity index (χ1n) is 6.68. The molecule has 1 atom stereocenters. The van der Waals surface area contributed by atoms with Gasteiger partial charge in [0.05, 0.1) is 19.3 Å². The predicted molar refractivity (Wildman–Crippen MR) is 73.3 cm³/mol. The number of anilines is 1. The molecule has 1 aromatic rings. The van der Waals surface area contributed by atoms with Crippen molar-refractivity contribution in [2.45, 2.75) is 20.0 Å². The fourth-order valence-corrected chi connectivity index (χ4v) is 2.16. The molecule has 0 aromatic carbocycles. The van der Waals surface area contributed by atoms with Gasteiger partial charge in [-0.05, 0) is 19.9 Å². The van der Waals surface area contributed by atoms with Crippen molar-refractivity contribution in [3.05, 3.63) is 17.5 Å². The van der Waals surface area contributed by atoms with Crippen LogP contribution in [-0.2, 0) is 4.74 Å². The minimum absolute atomic E-state index is 0.428. The van der Waals surface area contributed by atoms with E-state index in [0.717, 1.165) is 37.7 Å². The summed E-state index contributed by atoms with van der Waals surface area (Å²) in [7, 11) is 0. The molecule has 0 saturated carbocycles. The SMILES string of the molecule is Cc1cc(C)nc(NCC(O)CN2CCOCC2)n1. The van der Waals surface area contributed by atoms with Crippen LogP contribution < -0.4 is 5.32 Å². The Balaban J connectivity index is 1.77. The molecular formula is C13H22N4O2. The summed E-state index contributed by atoms with van der Waals surface area (Å²) in [6, 6.07) is 1.93. The van der Waals surface area contributed by atoms with Gasteiger partial charge >= 0.3 is 0 Å². The molecule has 1 aromatic heterocycles. The Hall–Kier alpha value is -1.24. The number of rotatable bonds is 5. The third-order valence-corrected chi connectivity index (χ3v) is 3.05. The summed E-state index contributed by atoms with van der Waals surface area (Å²) >= 11 is 0. The topological polar surface area (TPSA) is 70.5 Å². The minimum atomic E-state index is -0.428. The van der Waals surface area contributed by atoms with Crippen LogP contribution in [-0.4, -0.2) is 65.5 Å². The molecule has 0 aliphatic carbocycles. The van der Waals surface area contributed by atoms with Crippen molar-refractivity contribution < 1.29 is 9.84 Å². The molecule has 0 radical (unpaired) electrons. The second-order valence-corrected chi connectivity index (χ2v) is 4.92. The molecule has 6 heteroatoms. The van der Waals surface area contributed by atoms with Crippen LogP contribution in [0.1, 0.15) is 11.4 Å². The first-order chi connectivity index (χ1) is 9.13. The van der Waals surface area contributed by atoms with Crippen molar-refractivity contribution in [2.75, 3.05) is 44.7 Å². The Bertz CT molecular complexity index is 387. The number of aryl methyl sites for hydroxylation is 2. The van der Waals surface area contributed by atoms with Gasteiger partial charge in [0.1, 0.15) is 0 Å². The first-order valence-corrected chi connectivity index (χ1v) is 6.68. The first kappa shape index (κ1) is 14.2. The fraction of sp³-hybridized carbons (Fsp3) is 0.692. The number of nitrogens with one attached hydrogen (secondary N) is 1. The van der Waals surface area contributed by atoms with Crippen LogP contribution in [0.2, 0.25) is 0 Å². The van der Waals surface area contributed by atoms with Crippen molar-refractivity contribution in [1.82, 2.24) is 14.9 Å². The number of hydrogen-bond donors (Lipinski definition) is 2. The summed E-state index contributed by atoms with van der Waals surface area (Å²) in [5.41, 5.74) is 1.86. The van der Waals surface area contributed by atoms with Gasteiger partial charge in [-0.25, -0.2) is 9.97 Å². The largest absolute Gasteiger partial charge is 0.390 e. The van der Waals surface area contributed by atoms with E-state index in [4.69, 9.17) is 4.74 Å². The van der Waals surface area contributed by atoms with Crippen molar-refractivity contribution in [3.63, 3.8) is 0 Å². The summed E-state index contributed by atoms with van der Waals surface area (Å²) in [4.78, 5) is 10.8. The molecule has 0 bridgehead atoms. The van der Waals surface area contributed by atoms with Crippen molar-refractivity contribution >= 4 is 5.95 Å². The van der Waals surface area contributed by atoms with Crippen LogP contribution in [0.3, 0.4) is 0 Å². The van der Waals surface area contributed by atoms with E-state index in [1.807, 2.05) is 19.9 Å². The van der Waals surface area contributed by atoms with Crippen LogP contribution in [0, 0.1) is 13.8 Å². The van der Waals surface area contributed by atoms with E-state index >= 15 is 0 Å². The van der Waals surface area contributed by atoms with Crippen molar-refractivity contribution in [2.24, 2.45) is 0 Å². The monoisotopic (exact) mass is 266 g/mol. The van der Waals surface area contributed by atoms with Gasteiger partial charge in [-0.15, -0.1) is 0 Å². The zero-order valence-corrected chi connectivity index (χ0v) is 11.6. The number of β-amino-alcohol motifs (C(OH)–C–C–N with tert-alkyl or cyclic N) is 1. The van der Waals surface area contributed by atoms with Gasteiger partial charge < -0.3 is 15.2 Å². The highest BCUT2D eigenvalue weighted by Crippen LogP contribution is 2.04. The fourth-order valence-electron chi connectivity index (χ4n) is 2.16. The Kier molecular flexibility index (Phi) is 5.07. The highest BCUT2D eigenvalue weighted by Gasteiger charge is 2.14. The number of aliphatic hydroxyl groups excluding tert-OH is 1. The molecule has 1 unspecified atom stereocenters. The van der Waals surface area contributed by atoms with Crippen LogP contribution in [0.25, 0.3) is 0 Å². The summed E-state index contributed by atoms with van der Waals surface area (Å²) < 4.78 is 5.28. The lowest BCUT2D eigenvalue weighted by molar-refractivity contribution is 0.0171. The number of nitrogens with zero attached hydrogens (tertiary/aromatic N) is 3. The number of ether oxygens (including phenoxy) is 1. The predicted octanol–water partition coefficient (Wildman–Crippen LogP) is 0.198. The normalized spacial score (nSPS) is 18.3. The molecule has 19 heavy (non-hydrogen) atoms. The lowest BCUT2D eigenvalue weighted by Crippen LogP contribution is -2.42. The second-order valence-electron chi connectivity index (χ2n) is 4.92. The van der Waals surface area contributed by atoms with E-state index in [-0.39, 0.29) is 0 Å². The molecule has 1 aliphatic heterocycles. The molecule has 2 heterocycles. The van der Waals surface area contributed by atoms with E-state index < -0.39 is 6.10 Å². The van der Waals surface area contributed by atoms with Crippen molar-refractivity contribution in [1.29, 1.82) is 0 Å². The number of aromatic nitrogens is 2. The summed E-state index contributed by atoms with van der Waals surface area (Å²) in [5.74, 6) is 0.582. The summed E-state index contributed by atoms with van der Waals surface area (Å²) in [5, 5.41) is 13.1. The summed E-state index contributed by atoms with van der Waals surface area (Å²) in [6.45, 7) is 8.25. The Morgan fingerprint density at radius 1 is 1.32 bits per heavy atom. The van der Waals surface area contributed by atoms with Crippen molar-refractivity contribution in [3.8, 4) is 0 Å². The molecule has 1 fully saturated rings. The van der Waals surface area contributed by atoms with Gasteiger partial charge in [0, 0.05) is 37.6 Å². The molecule has 1 aliphatic rings. The lowest BCUT2D eigenvalue weighted by Gasteiger charge is -2.28. The van der Waals surface area contributed by atoms with E-state index in [0.29, 0.717) is 19.0 Å².